The highest BCUT2D eigenvalue weighted by Crippen LogP contribution is 2.34. The predicted molar refractivity (Wildman–Crippen MR) is 74.3 cm³/mol. The van der Waals surface area contributed by atoms with Gasteiger partial charge in [-0.2, -0.15) is 11.8 Å². The second-order valence-electron chi connectivity index (χ2n) is 5.09. The summed E-state index contributed by atoms with van der Waals surface area (Å²) in [6.45, 7) is 8.89. The monoisotopic (exact) mass is 236 g/mol. The molecule has 0 saturated carbocycles. The van der Waals surface area contributed by atoms with Crippen LogP contribution < -0.4 is 10.6 Å². The number of hydrogen-bond donors (Lipinski definition) is 1. The molecule has 0 spiro atoms. The van der Waals surface area contributed by atoms with Gasteiger partial charge in [0.25, 0.3) is 0 Å². The molecule has 16 heavy (non-hydrogen) atoms. The van der Waals surface area contributed by atoms with Crippen LogP contribution in [-0.4, -0.2) is 23.6 Å². The fourth-order valence-electron chi connectivity index (χ4n) is 2.15. The largest absolute Gasteiger partial charge is 0.397 e. The van der Waals surface area contributed by atoms with Crippen molar-refractivity contribution in [2.75, 3.05) is 29.5 Å². The van der Waals surface area contributed by atoms with E-state index in [9.17, 15) is 0 Å². The zero-order valence-electron chi connectivity index (χ0n) is 10.3. The van der Waals surface area contributed by atoms with Gasteiger partial charge in [-0.1, -0.05) is 6.07 Å². The average Bonchev–Trinajstić information content (AvgIpc) is 2.20. The summed E-state index contributed by atoms with van der Waals surface area (Å²) in [6, 6.07) is 6.28. The van der Waals surface area contributed by atoms with Crippen LogP contribution in [0.2, 0.25) is 0 Å². The van der Waals surface area contributed by atoms with Crippen LogP contribution in [0.4, 0.5) is 11.4 Å². The normalized spacial score (nSPS) is 19.8. The first-order valence-electron chi connectivity index (χ1n) is 5.73. The van der Waals surface area contributed by atoms with Gasteiger partial charge in [-0.05, 0) is 38.5 Å². The number of hydrogen-bond acceptors (Lipinski definition) is 3. The Morgan fingerprint density at radius 3 is 2.81 bits per heavy atom. The molecule has 0 bridgehead atoms. The standard InChI is InChI=1S/C13H20N2S/c1-10-4-5-11(14)12(8-10)15-6-7-16-13(2,3)9-15/h4-5,8H,6-7,9,14H2,1-3H3. The molecule has 0 aliphatic carbocycles. The molecule has 2 N–H and O–H groups in total. The van der Waals surface area contributed by atoms with E-state index in [4.69, 9.17) is 5.73 Å². The van der Waals surface area contributed by atoms with E-state index in [1.807, 2.05) is 17.8 Å². The van der Waals surface area contributed by atoms with Crippen LogP contribution in [0.5, 0.6) is 0 Å². The molecule has 1 aliphatic rings. The van der Waals surface area contributed by atoms with Gasteiger partial charge in [0.05, 0.1) is 11.4 Å². The second-order valence-corrected chi connectivity index (χ2v) is 6.89. The molecular weight excluding hydrogens is 216 g/mol. The van der Waals surface area contributed by atoms with Crippen molar-refractivity contribution in [1.82, 2.24) is 0 Å². The molecule has 1 fully saturated rings. The number of aryl methyl sites for hydroxylation is 1. The first kappa shape index (κ1) is 11.6. The summed E-state index contributed by atoms with van der Waals surface area (Å²) in [6.07, 6.45) is 0. The molecule has 0 amide bonds. The Hall–Kier alpha value is -0.830. The van der Waals surface area contributed by atoms with E-state index in [1.165, 1.54) is 17.0 Å². The molecule has 0 radical (unpaired) electrons. The third kappa shape index (κ3) is 2.46. The minimum absolute atomic E-state index is 0.328. The van der Waals surface area contributed by atoms with Crippen LogP contribution in [0, 0.1) is 6.92 Å². The summed E-state index contributed by atoms with van der Waals surface area (Å²) in [5.41, 5.74) is 9.44. The maximum absolute atomic E-state index is 6.06. The number of nitrogen functional groups attached to an aromatic ring is 1. The van der Waals surface area contributed by atoms with Crippen molar-refractivity contribution in [3.63, 3.8) is 0 Å². The summed E-state index contributed by atoms with van der Waals surface area (Å²) in [5, 5.41) is 0. The quantitative estimate of drug-likeness (QED) is 0.760. The number of thioether (sulfide) groups is 1. The third-order valence-corrected chi connectivity index (χ3v) is 4.25. The lowest BCUT2D eigenvalue weighted by Crippen LogP contribution is -2.43. The maximum atomic E-state index is 6.06. The van der Waals surface area contributed by atoms with Gasteiger partial charge < -0.3 is 10.6 Å². The molecule has 1 aromatic carbocycles. The van der Waals surface area contributed by atoms with Crippen LogP contribution in [0.15, 0.2) is 18.2 Å². The number of nitrogens with two attached hydrogens (primary N) is 1. The van der Waals surface area contributed by atoms with E-state index in [-0.39, 0.29) is 0 Å². The van der Waals surface area contributed by atoms with Crippen LogP contribution in [0.25, 0.3) is 0 Å². The molecule has 1 aliphatic heterocycles. The SMILES string of the molecule is Cc1ccc(N)c(N2CCSC(C)(C)C2)c1. The molecule has 1 heterocycles. The van der Waals surface area contributed by atoms with Gasteiger partial charge in [0.15, 0.2) is 0 Å². The number of benzene rings is 1. The topological polar surface area (TPSA) is 29.3 Å². The van der Waals surface area contributed by atoms with Crippen molar-refractivity contribution in [1.29, 1.82) is 0 Å². The Bertz CT molecular complexity index is 388. The predicted octanol–water partition coefficient (Wildman–Crippen LogP) is 2.91. The minimum atomic E-state index is 0.328. The zero-order chi connectivity index (χ0) is 11.8. The molecule has 1 aromatic rings. The Labute approximate surface area is 102 Å². The van der Waals surface area contributed by atoms with E-state index < -0.39 is 0 Å². The molecule has 0 atom stereocenters. The van der Waals surface area contributed by atoms with Gasteiger partial charge in [-0.3, -0.25) is 0 Å². The van der Waals surface area contributed by atoms with E-state index >= 15 is 0 Å². The molecule has 0 unspecified atom stereocenters. The Balaban J connectivity index is 2.26. The number of anilines is 2. The van der Waals surface area contributed by atoms with Crippen molar-refractivity contribution in [3.05, 3.63) is 23.8 Å². The first-order valence-corrected chi connectivity index (χ1v) is 6.71. The third-order valence-electron chi connectivity index (χ3n) is 2.95. The fourth-order valence-corrected chi connectivity index (χ4v) is 3.26. The van der Waals surface area contributed by atoms with Crippen LogP contribution in [0.3, 0.4) is 0 Å². The van der Waals surface area contributed by atoms with Gasteiger partial charge in [-0.25, -0.2) is 0 Å². The van der Waals surface area contributed by atoms with E-state index in [0.717, 1.165) is 18.8 Å². The molecule has 0 aromatic heterocycles. The number of rotatable bonds is 1. The Kier molecular flexibility index (Phi) is 3.06. The summed E-state index contributed by atoms with van der Waals surface area (Å²) in [4.78, 5) is 2.42. The zero-order valence-corrected chi connectivity index (χ0v) is 11.1. The Morgan fingerprint density at radius 2 is 2.12 bits per heavy atom. The lowest BCUT2D eigenvalue weighted by molar-refractivity contribution is 0.648. The lowest BCUT2D eigenvalue weighted by atomic mass is 10.1. The summed E-state index contributed by atoms with van der Waals surface area (Å²) >= 11 is 2.05. The smallest absolute Gasteiger partial charge is 0.0603 e. The van der Waals surface area contributed by atoms with Gasteiger partial charge in [0.2, 0.25) is 0 Å². The highest BCUT2D eigenvalue weighted by Gasteiger charge is 2.27. The highest BCUT2D eigenvalue weighted by molar-refractivity contribution is 8.00. The highest BCUT2D eigenvalue weighted by atomic mass is 32.2. The van der Waals surface area contributed by atoms with Crippen molar-refractivity contribution in [2.45, 2.75) is 25.5 Å². The molecule has 2 rings (SSSR count). The summed E-state index contributed by atoms with van der Waals surface area (Å²) in [5.74, 6) is 1.18. The van der Waals surface area contributed by atoms with Crippen LogP contribution in [0.1, 0.15) is 19.4 Å². The molecule has 3 heteroatoms. The van der Waals surface area contributed by atoms with Crippen molar-refractivity contribution < 1.29 is 0 Å². The second kappa shape index (κ2) is 4.21. The fraction of sp³-hybridized carbons (Fsp3) is 0.538. The summed E-state index contributed by atoms with van der Waals surface area (Å²) < 4.78 is 0.328. The molecular formula is C13H20N2S. The molecule has 1 saturated heterocycles. The van der Waals surface area contributed by atoms with E-state index in [1.54, 1.807) is 0 Å². The molecule has 2 nitrogen and oxygen atoms in total. The minimum Gasteiger partial charge on any atom is -0.397 e. The maximum Gasteiger partial charge on any atom is 0.0603 e. The molecule has 88 valence electrons. The van der Waals surface area contributed by atoms with Crippen LogP contribution >= 0.6 is 11.8 Å². The van der Waals surface area contributed by atoms with Crippen molar-refractivity contribution in [2.24, 2.45) is 0 Å². The summed E-state index contributed by atoms with van der Waals surface area (Å²) in [7, 11) is 0. The average molecular weight is 236 g/mol. The van der Waals surface area contributed by atoms with Gasteiger partial charge in [0, 0.05) is 23.6 Å². The van der Waals surface area contributed by atoms with Gasteiger partial charge in [0.1, 0.15) is 0 Å². The first-order chi connectivity index (χ1) is 7.48. The van der Waals surface area contributed by atoms with Crippen molar-refractivity contribution in [3.8, 4) is 0 Å². The van der Waals surface area contributed by atoms with Crippen LogP contribution in [-0.2, 0) is 0 Å². The Morgan fingerprint density at radius 1 is 1.38 bits per heavy atom. The van der Waals surface area contributed by atoms with Gasteiger partial charge in [-0.15, -0.1) is 0 Å². The van der Waals surface area contributed by atoms with E-state index in [2.05, 4.69) is 37.8 Å². The lowest BCUT2D eigenvalue weighted by Gasteiger charge is -2.39. The van der Waals surface area contributed by atoms with E-state index in [0.29, 0.717) is 4.75 Å². The van der Waals surface area contributed by atoms with Gasteiger partial charge >= 0.3 is 0 Å². The number of nitrogens with zero attached hydrogens (tertiary/aromatic N) is 1. The van der Waals surface area contributed by atoms with Crippen molar-refractivity contribution >= 4 is 23.1 Å².